The third-order valence-electron chi connectivity index (χ3n) is 8.53. The molecule has 0 saturated heterocycles. The van der Waals surface area contributed by atoms with E-state index in [1.807, 2.05) is 27.9 Å². The fourth-order valence-electron chi connectivity index (χ4n) is 5.54. The van der Waals surface area contributed by atoms with Crippen molar-refractivity contribution in [2.45, 2.75) is 71.1 Å². The van der Waals surface area contributed by atoms with Gasteiger partial charge in [-0.05, 0) is 103 Å². The second-order valence-electron chi connectivity index (χ2n) is 13.0. The van der Waals surface area contributed by atoms with Gasteiger partial charge in [0, 0.05) is 50.5 Å². The zero-order chi connectivity index (χ0) is 35.2. The number of carbonyl (C=O) groups excluding carboxylic acids is 3. The van der Waals surface area contributed by atoms with Crippen molar-refractivity contribution < 1.29 is 33.7 Å². The molecule has 0 aliphatic carbocycles. The minimum Gasteiger partial charge on any atom is -0.497 e. The molecule has 2 aromatic carbocycles. The summed E-state index contributed by atoms with van der Waals surface area (Å²) in [7, 11) is 7.35. The Kier molecular flexibility index (Phi) is 15.4. The quantitative estimate of drug-likeness (QED) is 0.307. The molecule has 12 nitrogen and oxygen atoms in total. The Morgan fingerprint density at radius 1 is 1.06 bits per heavy atom. The second kappa shape index (κ2) is 19.2. The van der Waals surface area contributed by atoms with Gasteiger partial charge in [0.15, 0.2) is 0 Å². The number of nitrogens with one attached hydrogen (secondary N) is 2. The lowest BCUT2D eigenvalue weighted by Gasteiger charge is -2.36. The van der Waals surface area contributed by atoms with Crippen LogP contribution >= 0.6 is 0 Å². The first-order chi connectivity index (χ1) is 22.9. The zero-order valence-corrected chi connectivity index (χ0v) is 29.7. The van der Waals surface area contributed by atoms with E-state index < -0.39 is 12.1 Å². The Labute approximate surface area is 285 Å². The van der Waals surface area contributed by atoms with Crippen molar-refractivity contribution >= 4 is 29.2 Å². The number of rotatable bonds is 11. The smallest absolute Gasteiger partial charge is 0.323 e. The summed E-state index contributed by atoms with van der Waals surface area (Å²) < 4.78 is 17.8. The molecule has 3 rings (SSSR count). The summed E-state index contributed by atoms with van der Waals surface area (Å²) in [6.45, 7) is 7.54. The molecular weight excluding hydrogens is 614 g/mol. The molecule has 0 saturated carbocycles. The van der Waals surface area contributed by atoms with E-state index in [2.05, 4.69) is 15.5 Å². The topological polar surface area (TPSA) is 133 Å². The molecular formula is C36H55N5O7. The number of aliphatic hydroxyl groups is 1. The molecule has 0 bridgehead atoms. The molecule has 48 heavy (non-hydrogen) atoms. The van der Waals surface area contributed by atoms with Crippen LogP contribution in [-0.4, -0.2) is 117 Å². The van der Waals surface area contributed by atoms with Crippen molar-refractivity contribution in [2.24, 2.45) is 5.92 Å². The van der Waals surface area contributed by atoms with E-state index in [0.29, 0.717) is 42.4 Å². The first-order valence-corrected chi connectivity index (χ1v) is 16.9. The van der Waals surface area contributed by atoms with E-state index in [4.69, 9.17) is 14.2 Å². The number of urea groups is 1. The van der Waals surface area contributed by atoms with Crippen molar-refractivity contribution in [3.63, 3.8) is 0 Å². The highest BCUT2D eigenvalue weighted by Crippen LogP contribution is 2.29. The van der Waals surface area contributed by atoms with E-state index in [9.17, 15) is 19.5 Å². The maximum Gasteiger partial charge on any atom is 0.323 e. The Hall–Kier alpha value is -3.87. The number of nitrogens with zero attached hydrogens (tertiary/aromatic N) is 3. The minimum absolute atomic E-state index is 0.0553. The number of hydrogen-bond acceptors (Lipinski definition) is 8. The molecule has 12 heteroatoms. The van der Waals surface area contributed by atoms with E-state index in [-0.39, 0.29) is 48.7 Å². The number of fused-ring (bicyclic) bond motifs is 1. The van der Waals surface area contributed by atoms with Gasteiger partial charge in [-0.2, -0.15) is 0 Å². The van der Waals surface area contributed by atoms with Crippen LogP contribution in [-0.2, 0) is 9.53 Å². The molecule has 1 aliphatic heterocycles. The molecule has 4 atom stereocenters. The Morgan fingerprint density at radius 3 is 2.42 bits per heavy atom. The molecule has 0 radical (unpaired) electrons. The van der Waals surface area contributed by atoms with Gasteiger partial charge in [-0.15, -0.1) is 0 Å². The second-order valence-corrected chi connectivity index (χ2v) is 13.0. The summed E-state index contributed by atoms with van der Waals surface area (Å²) >= 11 is 0. The fraction of sp³-hybridized carbons (Fsp3) is 0.583. The van der Waals surface area contributed by atoms with Crippen LogP contribution in [0, 0.1) is 5.92 Å². The van der Waals surface area contributed by atoms with E-state index in [1.165, 1.54) is 0 Å². The van der Waals surface area contributed by atoms with Crippen molar-refractivity contribution in [1.29, 1.82) is 0 Å². The van der Waals surface area contributed by atoms with Crippen molar-refractivity contribution in [2.75, 3.05) is 71.7 Å². The van der Waals surface area contributed by atoms with Gasteiger partial charge in [-0.3, -0.25) is 9.59 Å². The van der Waals surface area contributed by atoms with Crippen LogP contribution in [0.1, 0.15) is 63.2 Å². The molecule has 2 aromatic rings. The maximum absolute atomic E-state index is 14.3. The number of carbonyl (C=O) groups is 3. The van der Waals surface area contributed by atoms with Crippen LogP contribution in [0.5, 0.6) is 11.5 Å². The van der Waals surface area contributed by atoms with E-state index in [1.54, 1.807) is 73.3 Å². The van der Waals surface area contributed by atoms with Crippen LogP contribution in [0.2, 0.25) is 0 Å². The van der Waals surface area contributed by atoms with Gasteiger partial charge in [0.2, 0.25) is 5.91 Å². The highest BCUT2D eigenvalue weighted by atomic mass is 16.5. The van der Waals surface area contributed by atoms with Gasteiger partial charge in [-0.25, -0.2) is 4.79 Å². The largest absolute Gasteiger partial charge is 0.497 e. The lowest BCUT2D eigenvalue weighted by atomic mass is 10.0. The standard InChI is InChI=1S/C36H55N5O7/c1-25-22-41(26(2)24-42)35(44)31-21-29(38-36(45)37-28-13-16-30(46-7)17-14-28)15-18-32(31)48-27(3)11-8-9-20-47-33(25)23-40(6)34(43)12-10-19-39(4)5/h13-18,21,25-27,33,42H,8-12,19-20,22-24H2,1-7H3,(H2,37,38,45)/t25-,26-,27-,33+/m1/s1. The number of amides is 4. The van der Waals surface area contributed by atoms with Crippen molar-refractivity contribution in [3.05, 3.63) is 48.0 Å². The molecule has 0 unspecified atom stereocenters. The Bertz CT molecular complexity index is 1320. The molecule has 0 spiro atoms. The van der Waals surface area contributed by atoms with Crippen molar-refractivity contribution in [3.8, 4) is 11.5 Å². The maximum atomic E-state index is 14.3. The van der Waals surface area contributed by atoms with Crippen LogP contribution in [0.25, 0.3) is 0 Å². The number of aliphatic hydroxyl groups excluding tert-OH is 1. The number of hydrogen-bond donors (Lipinski definition) is 3. The Balaban J connectivity index is 1.86. The minimum atomic E-state index is -0.515. The lowest BCUT2D eigenvalue weighted by Crippen LogP contribution is -2.48. The number of methoxy groups -OCH3 is 1. The summed E-state index contributed by atoms with van der Waals surface area (Å²) in [5, 5.41) is 15.8. The van der Waals surface area contributed by atoms with Gasteiger partial charge in [0.25, 0.3) is 5.91 Å². The molecule has 0 aromatic heterocycles. The predicted molar refractivity (Wildman–Crippen MR) is 188 cm³/mol. The molecule has 1 heterocycles. The summed E-state index contributed by atoms with van der Waals surface area (Å²) in [6, 6.07) is 11.0. The average molecular weight is 670 g/mol. The van der Waals surface area contributed by atoms with Crippen LogP contribution < -0.4 is 20.1 Å². The number of benzene rings is 2. The zero-order valence-electron chi connectivity index (χ0n) is 29.7. The SMILES string of the molecule is COc1ccc(NC(=O)Nc2ccc3c(c2)C(=O)N([C@H](C)CO)C[C@@H](C)[C@H](CN(C)C(=O)CCCN(C)C)OCCCC[C@@H](C)O3)cc1. The first kappa shape index (κ1) is 38.6. The predicted octanol–water partition coefficient (Wildman–Crippen LogP) is 4.93. The fourth-order valence-corrected chi connectivity index (χ4v) is 5.54. The summed E-state index contributed by atoms with van der Waals surface area (Å²) in [6.07, 6.45) is 3.16. The number of ether oxygens (including phenoxy) is 3. The van der Waals surface area contributed by atoms with E-state index in [0.717, 1.165) is 32.2 Å². The number of anilines is 2. The third-order valence-corrected chi connectivity index (χ3v) is 8.53. The highest BCUT2D eigenvalue weighted by molar-refractivity contribution is 6.02. The van der Waals surface area contributed by atoms with Crippen LogP contribution in [0.4, 0.5) is 16.2 Å². The normalized spacial score (nSPS) is 19.8. The van der Waals surface area contributed by atoms with Gasteiger partial charge in [0.05, 0.1) is 37.5 Å². The average Bonchev–Trinajstić information content (AvgIpc) is 3.06. The Morgan fingerprint density at radius 2 is 1.75 bits per heavy atom. The van der Waals surface area contributed by atoms with Gasteiger partial charge in [-0.1, -0.05) is 6.92 Å². The molecule has 0 fully saturated rings. The monoisotopic (exact) mass is 669 g/mol. The molecule has 3 N–H and O–H groups in total. The van der Waals surface area contributed by atoms with Gasteiger partial charge >= 0.3 is 6.03 Å². The van der Waals surface area contributed by atoms with Crippen molar-refractivity contribution in [1.82, 2.24) is 14.7 Å². The van der Waals surface area contributed by atoms with Gasteiger partial charge in [0.1, 0.15) is 11.5 Å². The summed E-state index contributed by atoms with van der Waals surface area (Å²) in [5.74, 6) is 0.630. The van der Waals surface area contributed by atoms with Crippen LogP contribution in [0.3, 0.4) is 0 Å². The van der Waals surface area contributed by atoms with Crippen LogP contribution in [0.15, 0.2) is 42.5 Å². The highest BCUT2D eigenvalue weighted by Gasteiger charge is 2.31. The summed E-state index contributed by atoms with van der Waals surface area (Å²) in [5.41, 5.74) is 1.26. The first-order valence-electron chi connectivity index (χ1n) is 16.9. The van der Waals surface area contributed by atoms with Gasteiger partial charge < -0.3 is 44.7 Å². The molecule has 1 aliphatic rings. The molecule has 4 amide bonds. The lowest BCUT2D eigenvalue weighted by molar-refractivity contribution is -0.132. The third kappa shape index (κ3) is 12.0. The summed E-state index contributed by atoms with van der Waals surface area (Å²) in [4.78, 5) is 45.6. The number of likely N-dealkylation sites (N-methyl/N-ethyl adjacent to an activating group) is 1. The molecule has 266 valence electrons. The van der Waals surface area contributed by atoms with E-state index >= 15 is 0 Å².